The zero-order valence-corrected chi connectivity index (χ0v) is 11.8. The molecule has 1 atom stereocenters. The minimum Gasteiger partial charge on any atom is -0.480 e. The first-order valence-electron chi connectivity index (χ1n) is 6.17. The van der Waals surface area contributed by atoms with Gasteiger partial charge >= 0.3 is 5.97 Å². The van der Waals surface area contributed by atoms with Crippen molar-refractivity contribution >= 4 is 17.6 Å². The van der Waals surface area contributed by atoms with E-state index in [4.69, 9.17) is 16.7 Å². The number of aryl methyl sites for hydroxylation is 2. The SMILES string of the molecule is CCCC(NCc1c(C)cc(Cl)cc1C)C(=O)O. The lowest BCUT2D eigenvalue weighted by Crippen LogP contribution is -2.36. The third kappa shape index (κ3) is 4.00. The van der Waals surface area contributed by atoms with Crippen LogP contribution in [0.25, 0.3) is 0 Å². The summed E-state index contributed by atoms with van der Waals surface area (Å²) in [6.07, 6.45) is 1.49. The van der Waals surface area contributed by atoms with E-state index in [0.29, 0.717) is 13.0 Å². The van der Waals surface area contributed by atoms with E-state index in [1.165, 1.54) is 0 Å². The fourth-order valence-electron chi connectivity index (χ4n) is 2.05. The van der Waals surface area contributed by atoms with E-state index >= 15 is 0 Å². The van der Waals surface area contributed by atoms with Crippen LogP contribution < -0.4 is 5.32 Å². The Labute approximate surface area is 113 Å². The molecule has 1 aromatic carbocycles. The number of hydrogen-bond donors (Lipinski definition) is 2. The Kier molecular flexibility index (Phi) is 5.63. The van der Waals surface area contributed by atoms with Gasteiger partial charge in [-0.15, -0.1) is 0 Å². The topological polar surface area (TPSA) is 49.3 Å². The Bertz CT molecular complexity index is 409. The first kappa shape index (κ1) is 15.0. The molecule has 0 saturated heterocycles. The van der Waals surface area contributed by atoms with Crippen LogP contribution in [-0.4, -0.2) is 17.1 Å². The number of aliphatic carboxylic acids is 1. The summed E-state index contributed by atoms with van der Waals surface area (Å²) >= 11 is 5.97. The summed E-state index contributed by atoms with van der Waals surface area (Å²) < 4.78 is 0. The van der Waals surface area contributed by atoms with Gasteiger partial charge in [-0.1, -0.05) is 24.9 Å². The van der Waals surface area contributed by atoms with Crippen molar-refractivity contribution in [3.05, 3.63) is 33.8 Å². The summed E-state index contributed by atoms with van der Waals surface area (Å²) in [6.45, 7) is 6.53. The molecule has 100 valence electrons. The number of halogens is 1. The highest BCUT2D eigenvalue weighted by atomic mass is 35.5. The highest BCUT2D eigenvalue weighted by molar-refractivity contribution is 6.30. The summed E-state index contributed by atoms with van der Waals surface area (Å²) in [7, 11) is 0. The number of carboxylic acid groups (broad SMARTS) is 1. The predicted octanol–water partition coefficient (Wildman–Crippen LogP) is 3.30. The molecule has 4 heteroatoms. The van der Waals surface area contributed by atoms with Gasteiger partial charge in [-0.2, -0.15) is 0 Å². The molecule has 0 amide bonds. The standard InChI is InChI=1S/C14H20ClNO2/c1-4-5-13(14(17)18)16-8-12-9(2)6-11(15)7-10(12)3/h6-7,13,16H,4-5,8H2,1-3H3,(H,17,18). The molecular weight excluding hydrogens is 250 g/mol. The van der Waals surface area contributed by atoms with E-state index < -0.39 is 12.0 Å². The van der Waals surface area contributed by atoms with Crippen molar-refractivity contribution in [1.82, 2.24) is 5.32 Å². The van der Waals surface area contributed by atoms with E-state index in [1.807, 2.05) is 32.9 Å². The largest absolute Gasteiger partial charge is 0.480 e. The van der Waals surface area contributed by atoms with Crippen molar-refractivity contribution in [2.24, 2.45) is 0 Å². The molecule has 1 rings (SSSR count). The second-order valence-electron chi connectivity index (χ2n) is 4.58. The first-order chi connectivity index (χ1) is 8.45. The molecule has 0 aliphatic heterocycles. The van der Waals surface area contributed by atoms with E-state index in [0.717, 1.165) is 28.1 Å². The monoisotopic (exact) mass is 269 g/mol. The summed E-state index contributed by atoms with van der Waals surface area (Å²) in [5.74, 6) is -0.791. The Balaban J connectivity index is 2.76. The van der Waals surface area contributed by atoms with E-state index in [2.05, 4.69) is 5.32 Å². The third-order valence-electron chi connectivity index (χ3n) is 3.06. The first-order valence-corrected chi connectivity index (χ1v) is 6.55. The number of nitrogens with one attached hydrogen (secondary N) is 1. The normalized spacial score (nSPS) is 12.4. The zero-order chi connectivity index (χ0) is 13.7. The van der Waals surface area contributed by atoms with Crippen molar-refractivity contribution in [1.29, 1.82) is 0 Å². The van der Waals surface area contributed by atoms with Crippen molar-refractivity contribution in [2.45, 2.75) is 46.2 Å². The lowest BCUT2D eigenvalue weighted by Gasteiger charge is -2.16. The lowest BCUT2D eigenvalue weighted by atomic mass is 10.0. The zero-order valence-electron chi connectivity index (χ0n) is 11.1. The highest BCUT2D eigenvalue weighted by Gasteiger charge is 2.16. The average molecular weight is 270 g/mol. The fraction of sp³-hybridized carbons (Fsp3) is 0.500. The maximum absolute atomic E-state index is 11.1. The molecule has 0 saturated carbocycles. The van der Waals surface area contributed by atoms with Gasteiger partial charge < -0.3 is 10.4 Å². The Hall–Kier alpha value is -1.06. The van der Waals surface area contributed by atoms with Gasteiger partial charge in [0.25, 0.3) is 0 Å². The summed E-state index contributed by atoms with van der Waals surface area (Å²) in [6, 6.07) is 3.33. The smallest absolute Gasteiger partial charge is 0.320 e. The molecule has 0 aromatic heterocycles. The van der Waals surface area contributed by atoms with Crippen molar-refractivity contribution < 1.29 is 9.90 Å². The second-order valence-corrected chi connectivity index (χ2v) is 5.01. The van der Waals surface area contributed by atoms with Crippen LogP contribution in [0.3, 0.4) is 0 Å². The van der Waals surface area contributed by atoms with Crippen molar-refractivity contribution in [3.8, 4) is 0 Å². The summed E-state index contributed by atoms with van der Waals surface area (Å²) in [4.78, 5) is 11.1. The van der Waals surface area contributed by atoms with Gasteiger partial charge in [0, 0.05) is 11.6 Å². The number of carbonyl (C=O) groups is 1. The Morgan fingerprint density at radius 1 is 1.39 bits per heavy atom. The molecule has 0 bridgehead atoms. The summed E-state index contributed by atoms with van der Waals surface area (Å²) in [5.41, 5.74) is 3.31. The van der Waals surface area contributed by atoms with Crippen molar-refractivity contribution in [2.75, 3.05) is 0 Å². The molecule has 3 nitrogen and oxygen atoms in total. The Morgan fingerprint density at radius 2 is 1.94 bits per heavy atom. The molecule has 0 spiro atoms. The van der Waals surface area contributed by atoms with Gasteiger partial charge in [0.1, 0.15) is 6.04 Å². The number of carboxylic acids is 1. The number of rotatable bonds is 6. The molecule has 2 N–H and O–H groups in total. The van der Waals surface area contributed by atoms with Crippen LogP contribution in [0, 0.1) is 13.8 Å². The highest BCUT2D eigenvalue weighted by Crippen LogP contribution is 2.20. The molecule has 1 unspecified atom stereocenters. The van der Waals surface area contributed by atoms with Gasteiger partial charge in [-0.3, -0.25) is 4.79 Å². The molecule has 1 aromatic rings. The van der Waals surface area contributed by atoms with E-state index in [1.54, 1.807) is 0 Å². The minimum atomic E-state index is -0.791. The van der Waals surface area contributed by atoms with Crippen LogP contribution >= 0.6 is 11.6 Å². The maximum Gasteiger partial charge on any atom is 0.320 e. The van der Waals surface area contributed by atoms with Crippen LogP contribution in [0.1, 0.15) is 36.5 Å². The average Bonchev–Trinajstić information content (AvgIpc) is 2.25. The van der Waals surface area contributed by atoms with Gasteiger partial charge in [-0.25, -0.2) is 0 Å². The predicted molar refractivity (Wildman–Crippen MR) is 74.1 cm³/mol. The van der Waals surface area contributed by atoms with Crippen LogP contribution in [-0.2, 0) is 11.3 Å². The number of hydrogen-bond acceptors (Lipinski definition) is 2. The van der Waals surface area contributed by atoms with Crippen LogP contribution in [0.15, 0.2) is 12.1 Å². The van der Waals surface area contributed by atoms with Gasteiger partial charge in [0.05, 0.1) is 0 Å². The third-order valence-corrected chi connectivity index (χ3v) is 3.28. The minimum absolute atomic E-state index is 0.482. The molecule has 0 heterocycles. The van der Waals surface area contributed by atoms with E-state index in [9.17, 15) is 4.79 Å². The van der Waals surface area contributed by atoms with Gasteiger partial charge in [0.15, 0.2) is 0 Å². The lowest BCUT2D eigenvalue weighted by molar-refractivity contribution is -0.139. The molecule has 0 radical (unpaired) electrons. The van der Waals surface area contributed by atoms with Gasteiger partial charge in [0.2, 0.25) is 0 Å². The second kappa shape index (κ2) is 6.76. The molecular formula is C14H20ClNO2. The van der Waals surface area contributed by atoms with Crippen molar-refractivity contribution in [3.63, 3.8) is 0 Å². The van der Waals surface area contributed by atoms with Crippen LogP contribution in [0.5, 0.6) is 0 Å². The van der Waals surface area contributed by atoms with Crippen LogP contribution in [0.4, 0.5) is 0 Å². The molecule has 0 aliphatic carbocycles. The summed E-state index contributed by atoms with van der Waals surface area (Å²) in [5, 5.41) is 12.9. The van der Waals surface area contributed by atoms with Gasteiger partial charge in [-0.05, 0) is 49.1 Å². The molecule has 18 heavy (non-hydrogen) atoms. The van der Waals surface area contributed by atoms with Crippen LogP contribution in [0.2, 0.25) is 5.02 Å². The maximum atomic E-state index is 11.1. The Morgan fingerprint density at radius 3 is 2.39 bits per heavy atom. The quantitative estimate of drug-likeness (QED) is 0.833. The fourth-order valence-corrected chi connectivity index (χ4v) is 2.37. The molecule has 0 aliphatic rings. The molecule has 0 fully saturated rings. The number of benzene rings is 1. The van der Waals surface area contributed by atoms with E-state index in [-0.39, 0.29) is 0 Å².